The second kappa shape index (κ2) is 11.2. The van der Waals surface area contributed by atoms with Crippen molar-refractivity contribution in [3.63, 3.8) is 0 Å². The van der Waals surface area contributed by atoms with Crippen LogP contribution in [0.3, 0.4) is 0 Å². The molecule has 1 aromatic heterocycles. The van der Waals surface area contributed by atoms with Crippen LogP contribution in [0, 0.1) is 17.9 Å². The van der Waals surface area contributed by atoms with Crippen LogP contribution >= 0.6 is 0 Å². The van der Waals surface area contributed by atoms with Gasteiger partial charge in [-0.15, -0.1) is 35.9 Å². The Labute approximate surface area is 212 Å². The Hall–Kier alpha value is -1.58. The molecule has 0 amide bonds. The van der Waals surface area contributed by atoms with Crippen LogP contribution in [0.1, 0.15) is 64.9 Å². The molecule has 3 aromatic rings. The molecule has 1 radical (unpaired) electrons. The summed E-state index contributed by atoms with van der Waals surface area (Å²) in [6.07, 6.45) is 7.97. The predicted molar refractivity (Wildman–Crippen MR) is 131 cm³/mol. The van der Waals surface area contributed by atoms with E-state index in [4.69, 9.17) is 0 Å². The minimum atomic E-state index is -0.227. The van der Waals surface area contributed by atoms with Gasteiger partial charge in [0.1, 0.15) is 0 Å². The largest absolute Gasteiger partial charge is 0.393 e. The summed E-state index contributed by atoms with van der Waals surface area (Å²) in [5, 5.41) is 21.8. The molecule has 0 aliphatic heterocycles. The van der Waals surface area contributed by atoms with E-state index in [1.165, 1.54) is 29.2 Å². The third-order valence-electron chi connectivity index (χ3n) is 7.19. The fraction of sp³-hybridized carbons (Fsp3) is 0.483. The Morgan fingerprint density at radius 1 is 0.909 bits per heavy atom. The summed E-state index contributed by atoms with van der Waals surface area (Å²) in [5.74, 6) is 0.810. The Kier molecular flexibility index (Phi) is 8.86. The van der Waals surface area contributed by atoms with Gasteiger partial charge in [0.25, 0.3) is 0 Å². The first-order valence-corrected chi connectivity index (χ1v) is 12.1. The summed E-state index contributed by atoms with van der Waals surface area (Å²) in [7, 11) is 0. The first-order valence-electron chi connectivity index (χ1n) is 12.1. The molecule has 4 atom stereocenters. The Balaban J connectivity index is 0.000000202. The van der Waals surface area contributed by atoms with Crippen molar-refractivity contribution in [2.24, 2.45) is 11.8 Å². The van der Waals surface area contributed by atoms with Crippen molar-refractivity contribution >= 4 is 10.8 Å². The molecule has 3 nitrogen and oxygen atoms in total. The number of hydrogen-bond acceptors (Lipinski definition) is 3. The normalized spacial score (nSPS) is 24.8. The van der Waals surface area contributed by atoms with E-state index in [9.17, 15) is 10.2 Å². The molecule has 0 spiro atoms. The van der Waals surface area contributed by atoms with Crippen molar-refractivity contribution < 1.29 is 30.3 Å². The molecule has 179 valence electrons. The van der Waals surface area contributed by atoms with Crippen LogP contribution in [0.2, 0.25) is 0 Å². The van der Waals surface area contributed by atoms with Gasteiger partial charge in [-0.25, -0.2) is 0 Å². The molecule has 5 rings (SSSR count). The zero-order valence-corrected chi connectivity index (χ0v) is 22.3. The van der Waals surface area contributed by atoms with Crippen LogP contribution in [-0.2, 0) is 25.5 Å². The van der Waals surface area contributed by atoms with E-state index in [1.54, 1.807) is 0 Å². The van der Waals surface area contributed by atoms with E-state index in [2.05, 4.69) is 62.2 Å². The molecular weight excluding hydrogens is 587 g/mol. The van der Waals surface area contributed by atoms with E-state index in [-0.39, 0.29) is 43.6 Å². The summed E-state index contributed by atoms with van der Waals surface area (Å²) in [6, 6.07) is 20.0. The van der Waals surface area contributed by atoms with Gasteiger partial charge in [-0.05, 0) is 65.1 Å². The van der Waals surface area contributed by atoms with E-state index < -0.39 is 0 Å². The molecule has 2 aliphatic carbocycles. The van der Waals surface area contributed by atoms with Gasteiger partial charge in [0, 0.05) is 32.2 Å². The molecule has 4 heteroatoms. The third kappa shape index (κ3) is 6.11. The number of fused-ring (bicyclic) bond motifs is 2. The molecule has 0 bridgehead atoms. The number of benzene rings is 2. The number of hydrogen-bond donors (Lipinski definition) is 2. The molecule has 4 unspecified atom stereocenters. The minimum Gasteiger partial charge on any atom is -0.393 e. The number of aromatic nitrogens is 1. The van der Waals surface area contributed by atoms with Gasteiger partial charge < -0.3 is 15.2 Å². The summed E-state index contributed by atoms with van der Waals surface area (Å²) < 4.78 is 0. The number of pyridine rings is 1. The van der Waals surface area contributed by atoms with Gasteiger partial charge in [-0.1, -0.05) is 51.8 Å². The Bertz CT molecular complexity index is 1030. The number of aliphatic hydroxyl groups excluding tert-OH is 2. The topological polar surface area (TPSA) is 53.4 Å². The number of aliphatic hydroxyl groups is 2. The molecule has 0 saturated heterocycles. The van der Waals surface area contributed by atoms with E-state index in [0.29, 0.717) is 5.92 Å². The van der Waals surface area contributed by atoms with Crippen molar-refractivity contribution in [3.05, 3.63) is 66.4 Å². The average molecular weight is 623 g/mol. The summed E-state index contributed by atoms with van der Waals surface area (Å²) in [6.45, 7) is 6.71. The zero-order chi connectivity index (χ0) is 22.7. The monoisotopic (exact) mass is 623 g/mol. The van der Waals surface area contributed by atoms with Crippen molar-refractivity contribution in [1.82, 2.24) is 4.98 Å². The molecule has 33 heavy (non-hydrogen) atoms. The second-order valence-electron chi connectivity index (χ2n) is 10.5. The molecule has 2 fully saturated rings. The predicted octanol–water partition coefficient (Wildman–Crippen LogP) is 6.31. The SMILES string of the molecule is CC(C)(C)c1ccc2c(-c3[c-]cccc3)nccc2c1.OC1CCCCC2CCC(O)C12.[Ir]. The summed E-state index contributed by atoms with van der Waals surface area (Å²) in [5.41, 5.74) is 3.56. The molecule has 1 heterocycles. The number of rotatable bonds is 1. The molecule has 2 saturated carbocycles. The fourth-order valence-corrected chi connectivity index (χ4v) is 5.34. The Morgan fingerprint density at radius 2 is 1.67 bits per heavy atom. The second-order valence-corrected chi connectivity index (χ2v) is 10.5. The van der Waals surface area contributed by atoms with E-state index in [1.807, 2.05) is 24.4 Å². The minimum absolute atomic E-state index is 0. The van der Waals surface area contributed by atoms with Crippen molar-refractivity contribution in [3.8, 4) is 11.3 Å². The first-order chi connectivity index (χ1) is 15.3. The van der Waals surface area contributed by atoms with Gasteiger partial charge in [0.15, 0.2) is 0 Å². The smallest absolute Gasteiger partial charge is 0.0595 e. The van der Waals surface area contributed by atoms with E-state index in [0.717, 1.165) is 36.9 Å². The van der Waals surface area contributed by atoms with Crippen molar-refractivity contribution in [1.29, 1.82) is 0 Å². The van der Waals surface area contributed by atoms with Crippen LogP contribution < -0.4 is 0 Å². The van der Waals surface area contributed by atoms with Crippen LogP contribution in [-0.4, -0.2) is 27.4 Å². The standard InChI is InChI=1S/C19H18N.C10H18O2.Ir/c1-19(2,3)16-9-10-17-15(13-16)11-12-20-18(17)14-7-5-4-6-8-14;11-8-4-2-1-3-7-5-6-9(12)10(7)8;/h4-7,9-13H,1-3H3;7-12H,1-6H2;/q-1;;. The maximum absolute atomic E-state index is 9.77. The Morgan fingerprint density at radius 3 is 2.39 bits per heavy atom. The summed E-state index contributed by atoms with van der Waals surface area (Å²) in [4.78, 5) is 4.54. The maximum Gasteiger partial charge on any atom is 0.0595 e. The molecule has 2 N–H and O–H groups in total. The van der Waals surface area contributed by atoms with Gasteiger partial charge in [0.2, 0.25) is 0 Å². The fourth-order valence-electron chi connectivity index (χ4n) is 5.34. The maximum atomic E-state index is 9.77. The van der Waals surface area contributed by atoms with Crippen molar-refractivity contribution in [2.75, 3.05) is 0 Å². The van der Waals surface area contributed by atoms with Crippen molar-refractivity contribution in [2.45, 2.75) is 76.9 Å². The third-order valence-corrected chi connectivity index (χ3v) is 7.19. The molecular formula is C29H36IrNO2-. The van der Waals surface area contributed by atoms with E-state index >= 15 is 0 Å². The number of nitrogens with zero attached hydrogens (tertiary/aromatic N) is 1. The van der Waals surface area contributed by atoms with Gasteiger partial charge in [-0.2, -0.15) is 0 Å². The summed E-state index contributed by atoms with van der Waals surface area (Å²) >= 11 is 0. The zero-order valence-electron chi connectivity index (χ0n) is 19.9. The van der Waals surface area contributed by atoms with Crippen LogP contribution in [0.15, 0.2) is 54.7 Å². The van der Waals surface area contributed by atoms with Crippen LogP contribution in [0.25, 0.3) is 22.0 Å². The molecule has 2 aliphatic rings. The van der Waals surface area contributed by atoms with Gasteiger partial charge in [-0.3, -0.25) is 0 Å². The first kappa shape index (κ1) is 26.0. The van der Waals surface area contributed by atoms with Gasteiger partial charge in [0.05, 0.1) is 12.2 Å². The van der Waals surface area contributed by atoms with Crippen LogP contribution in [0.4, 0.5) is 0 Å². The quantitative estimate of drug-likeness (QED) is 0.313. The van der Waals surface area contributed by atoms with Gasteiger partial charge >= 0.3 is 0 Å². The average Bonchev–Trinajstić information content (AvgIpc) is 3.05. The molecule has 2 aromatic carbocycles. The van der Waals surface area contributed by atoms with Crippen LogP contribution in [0.5, 0.6) is 0 Å².